The standard InChI is InChI=1S/C18H16BrCl/c19-11-3-6-17-16-5-2-1-4-13(16)7-8-14-9-10-15(20)12-18(14)17/h1-2,4-6,9-10,12H,3,7-8,11H2/b17-6-. The van der Waals surface area contributed by atoms with Gasteiger partial charge >= 0.3 is 0 Å². The molecule has 0 unspecified atom stereocenters. The molecule has 0 amide bonds. The van der Waals surface area contributed by atoms with E-state index in [4.69, 9.17) is 11.6 Å². The van der Waals surface area contributed by atoms with Gasteiger partial charge in [0, 0.05) is 10.4 Å². The van der Waals surface area contributed by atoms with E-state index in [-0.39, 0.29) is 0 Å². The van der Waals surface area contributed by atoms with E-state index in [2.05, 4.69) is 58.4 Å². The molecule has 0 bridgehead atoms. The predicted octanol–water partition coefficient (Wildman–Crippen LogP) is 5.66. The van der Waals surface area contributed by atoms with Gasteiger partial charge in [0.1, 0.15) is 0 Å². The molecule has 1 aliphatic carbocycles. The Bertz CT molecular complexity index is 658. The fraction of sp³-hybridized carbons (Fsp3) is 0.222. The molecule has 2 aromatic rings. The van der Waals surface area contributed by atoms with Crippen molar-refractivity contribution in [1.82, 2.24) is 0 Å². The molecule has 2 aromatic carbocycles. The molecule has 0 heterocycles. The minimum atomic E-state index is 0.813. The molecule has 0 saturated heterocycles. The molecular formula is C18H16BrCl. The Labute approximate surface area is 133 Å². The van der Waals surface area contributed by atoms with Gasteiger partial charge in [-0.1, -0.05) is 63.9 Å². The van der Waals surface area contributed by atoms with Crippen LogP contribution in [0.4, 0.5) is 0 Å². The van der Waals surface area contributed by atoms with Gasteiger partial charge in [-0.25, -0.2) is 0 Å². The van der Waals surface area contributed by atoms with Crippen molar-refractivity contribution in [2.45, 2.75) is 19.3 Å². The van der Waals surface area contributed by atoms with Gasteiger partial charge in [0.15, 0.2) is 0 Å². The van der Waals surface area contributed by atoms with Gasteiger partial charge in [0.2, 0.25) is 0 Å². The van der Waals surface area contributed by atoms with Crippen LogP contribution in [0, 0.1) is 0 Å². The highest BCUT2D eigenvalue weighted by Gasteiger charge is 2.17. The Balaban J connectivity index is 2.21. The summed E-state index contributed by atoms with van der Waals surface area (Å²) in [5.74, 6) is 0. The Morgan fingerprint density at radius 1 is 1.00 bits per heavy atom. The van der Waals surface area contributed by atoms with Crippen molar-refractivity contribution in [2.75, 3.05) is 5.33 Å². The SMILES string of the molecule is Clc1ccc2c(c1)/C(=C\CCBr)c1ccccc1CC2. The van der Waals surface area contributed by atoms with E-state index in [0.717, 1.165) is 29.6 Å². The molecule has 0 nitrogen and oxygen atoms in total. The van der Waals surface area contributed by atoms with E-state index in [1.54, 1.807) is 0 Å². The lowest BCUT2D eigenvalue weighted by molar-refractivity contribution is 0.965. The minimum Gasteiger partial charge on any atom is -0.0925 e. The van der Waals surface area contributed by atoms with Gasteiger partial charge in [-0.15, -0.1) is 0 Å². The highest BCUT2D eigenvalue weighted by molar-refractivity contribution is 9.09. The summed E-state index contributed by atoms with van der Waals surface area (Å²) in [4.78, 5) is 0. The average Bonchev–Trinajstić information content (AvgIpc) is 2.62. The van der Waals surface area contributed by atoms with Crippen molar-refractivity contribution < 1.29 is 0 Å². The predicted molar refractivity (Wildman–Crippen MR) is 90.8 cm³/mol. The molecule has 0 radical (unpaired) electrons. The van der Waals surface area contributed by atoms with E-state index >= 15 is 0 Å². The van der Waals surface area contributed by atoms with Crippen LogP contribution in [-0.4, -0.2) is 5.33 Å². The van der Waals surface area contributed by atoms with Gasteiger partial charge in [-0.3, -0.25) is 0 Å². The van der Waals surface area contributed by atoms with Gasteiger partial charge < -0.3 is 0 Å². The average molecular weight is 348 g/mol. The first-order chi connectivity index (χ1) is 9.79. The number of hydrogen-bond acceptors (Lipinski definition) is 0. The largest absolute Gasteiger partial charge is 0.0925 e. The van der Waals surface area contributed by atoms with Gasteiger partial charge in [0.25, 0.3) is 0 Å². The Kier molecular flexibility index (Phi) is 4.28. The van der Waals surface area contributed by atoms with Crippen LogP contribution in [0.3, 0.4) is 0 Å². The van der Waals surface area contributed by atoms with Crippen LogP contribution in [0.15, 0.2) is 48.5 Å². The maximum absolute atomic E-state index is 6.22. The van der Waals surface area contributed by atoms with Crippen LogP contribution >= 0.6 is 27.5 Å². The monoisotopic (exact) mass is 346 g/mol. The second kappa shape index (κ2) is 6.15. The van der Waals surface area contributed by atoms with Crippen molar-refractivity contribution in [3.05, 3.63) is 75.8 Å². The zero-order valence-electron chi connectivity index (χ0n) is 11.2. The highest BCUT2D eigenvalue weighted by atomic mass is 79.9. The van der Waals surface area contributed by atoms with Gasteiger partial charge in [-0.05, 0) is 59.2 Å². The Morgan fingerprint density at radius 2 is 1.75 bits per heavy atom. The van der Waals surface area contributed by atoms with E-state index in [1.807, 2.05) is 6.07 Å². The van der Waals surface area contributed by atoms with Gasteiger partial charge in [-0.2, -0.15) is 0 Å². The van der Waals surface area contributed by atoms with Crippen LogP contribution < -0.4 is 0 Å². The van der Waals surface area contributed by atoms with Crippen LogP contribution in [0.1, 0.15) is 28.7 Å². The number of halogens is 2. The highest BCUT2D eigenvalue weighted by Crippen LogP contribution is 2.35. The fourth-order valence-electron chi connectivity index (χ4n) is 2.85. The molecule has 0 aliphatic heterocycles. The second-order valence-electron chi connectivity index (χ2n) is 5.05. The molecule has 20 heavy (non-hydrogen) atoms. The number of allylic oxidation sites excluding steroid dienone is 1. The molecule has 0 atom stereocenters. The lowest BCUT2D eigenvalue weighted by Gasteiger charge is -2.12. The molecule has 3 rings (SSSR count). The van der Waals surface area contributed by atoms with Crippen molar-refractivity contribution >= 4 is 33.1 Å². The molecule has 2 heteroatoms. The fourth-order valence-corrected chi connectivity index (χ4v) is 3.25. The number of alkyl halides is 1. The number of fused-ring (bicyclic) bond motifs is 2. The summed E-state index contributed by atoms with van der Waals surface area (Å²) in [5, 5.41) is 1.79. The first kappa shape index (κ1) is 13.9. The molecule has 0 fully saturated rings. The van der Waals surface area contributed by atoms with E-state index in [0.29, 0.717) is 0 Å². The summed E-state index contributed by atoms with van der Waals surface area (Å²) in [6.45, 7) is 0. The maximum atomic E-state index is 6.22. The van der Waals surface area contributed by atoms with Gasteiger partial charge in [0.05, 0.1) is 0 Å². The first-order valence-corrected chi connectivity index (χ1v) is 8.43. The molecule has 0 saturated carbocycles. The van der Waals surface area contributed by atoms with Crippen LogP contribution in [0.2, 0.25) is 5.02 Å². The Morgan fingerprint density at radius 3 is 2.55 bits per heavy atom. The summed E-state index contributed by atoms with van der Waals surface area (Å²) in [6, 6.07) is 15.0. The molecule has 1 aliphatic rings. The third-order valence-electron chi connectivity index (χ3n) is 3.79. The summed E-state index contributed by atoms with van der Waals surface area (Å²) in [7, 11) is 0. The third kappa shape index (κ3) is 2.70. The number of aryl methyl sites for hydroxylation is 2. The molecule has 0 aromatic heterocycles. The molecule has 102 valence electrons. The zero-order chi connectivity index (χ0) is 13.9. The molecule has 0 N–H and O–H groups in total. The lowest BCUT2D eigenvalue weighted by Crippen LogP contribution is -1.92. The first-order valence-electron chi connectivity index (χ1n) is 6.93. The van der Waals surface area contributed by atoms with Crippen LogP contribution in [-0.2, 0) is 12.8 Å². The lowest BCUT2D eigenvalue weighted by atomic mass is 9.93. The normalized spacial score (nSPS) is 15.6. The molecule has 0 spiro atoms. The number of benzene rings is 2. The number of hydrogen-bond donors (Lipinski definition) is 0. The zero-order valence-corrected chi connectivity index (χ0v) is 13.5. The van der Waals surface area contributed by atoms with Crippen LogP contribution in [0.5, 0.6) is 0 Å². The van der Waals surface area contributed by atoms with E-state index in [9.17, 15) is 0 Å². The maximum Gasteiger partial charge on any atom is 0.0412 e. The summed E-state index contributed by atoms with van der Waals surface area (Å²) in [5.41, 5.74) is 6.81. The van der Waals surface area contributed by atoms with E-state index < -0.39 is 0 Å². The smallest absolute Gasteiger partial charge is 0.0412 e. The van der Waals surface area contributed by atoms with E-state index in [1.165, 1.54) is 27.8 Å². The van der Waals surface area contributed by atoms with Crippen molar-refractivity contribution in [2.24, 2.45) is 0 Å². The summed E-state index contributed by atoms with van der Waals surface area (Å²) >= 11 is 9.74. The van der Waals surface area contributed by atoms with Crippen molar-refractivity contribution in [3.63, 3.8) is 0 Å². The Hall–Kier alpha value is -1.05. The minimum absolute atomic E-state index is 0.813. The van der Waals surface area contributed by atoms with Crippen molar-refractivity contribution in [3.8, 4) is 0 Å². The summed E-state index contributed by atoms with van der Waals surface area (Å²) < 4.78 is 0. The third-order valence-corrected chi connectivity index (χ3v) is 4.48. The molecular weight excluding hydrogens is 332 g/mol. The summed E-state index contributed by atoms with van der Waals surface area (Å²) in [6.07, 6.45) is 5.52. The quantitative estimate of drug-likeness (QED) is 0.615. The topological polar surface area (TPSA) is 0 Å². The van der Waals surface area contributed by atoms with Crippen molar-refractivity contribution in [1.29, 1.82) is 0 Å². The number of rotatable bonds is 2. The van der Waals surface area contributed by atoms with Crippen LogP contribution in [0.25, 0.3) is 5.57 Å². The second-order valence-corrected chi connectivity index (χ2v) is 6.28.